The number of carbonyl (C=O) groups is 1. The number of rotatable bonds is 4. The second-order valence-corrected chi connectivity index (χ2v) is 7.86. The van der Waals surface area contributed by atoms with Gasteiger partial charge in [0.1, 0.15) is 11.5 Å². The fourth-order valence-electron chi connectivity index (χ4n) is 3.92. The van der Waals surface area contributed by atoms with Gasteiger partial charge in [0, 0.05) is 23.5 Å². The van der Waals surface area contributed by atoms with Crippen molar-refractivity contribution in [1.29, 1.82) is 5.26 Å². The summed E-state index contributed by atoms with van der Waals surface area (Å²) in [7, 11) is 3.14. The van der Waals surface area contributed by atoms with E-state index in [1.807, 2.05) is 24.3 Å². The van der Waals surface area contributed by atoms with Crippen molar-refractivity contribution in [2.45, 2.75) is 18.1 Å². The number of allylic oxidation sites excluding steroid dienone is 1. The standard InChI is InChI=1S/C22H20N2O4S/c1-27-15-9-7-14(8-10-15)22(26)13-29-21-18(12-23)17(11-20(25)24(21)22)16-5-3-4-6-19(16)28-2/h3-10,17,26H,11,13H2,1-2H3/t17-,22+/m1/s1. The maximum absolute atomic E-state index is 13.2. The van der Waals surface area contributed by atoms with Crippen LogP contribution in [-0.2, 0) is 10.5 Å². The first-order valence-corrected chi connectivity index (χ1v) is 10.1. The van der Waals surface area contributed by atoms with Crippen LogP contribution >= 0.6 is 11.8 Å². The van der Waals surface area contributed by atoms with Gasteiger partial charge in [-0.25, -0.2) is 0 Å². The summed E-state index contributed by atoms with van der Waals surface area (Å²) >= 11 is 1.33. The topological polar surface area (TPSA) is 82.8 Å². The normalized spacial score (nSPS) is 23.6. The molecule has 2 aromatic rings. The molecule has 4 rings (SSSR count). The van der Waals surface area contributed by atoms with Gasteiger partial charge < -0.3 is 14.6 Å². The van der Waals surface area contributed by atoms with Gasteiger partial charge in [-0.15, -0.1) is 11.8 Å². The van der Waals surface area contributed by atoms with Gasteiger partial charge in [-0.2, -0.15) is 5.26 Å². The number of ether oxygens (including phenoxy) is 2. The zero-order valence-corrected chi connectivity index (χ0v) is 16.9. The minimum absolute atomic E-state index is 0.0891. The third kappa shape index (κ3) is 3.05. The second-order valence-electron chi connectivity index (χ2n) is 6.89. The zero-order valence-electron chi connectivity index (χ0n) is 16.1. The van der Waals surface area contributed by atoms with E-state index in [4.69, 9.17) is 9.47 Å². The number of benzene rings is 2. The molecule has 148 valence electrons. The molecule has 2 atom stereocenters. The number of fused-ring (bicyclic) bond motifs is 1. The number of amides is 1. The Bertz CT molecular complexity index is 1030. The number of carbonyl (C=O) groups excluding carboxylic acids is 1. The van der Waals surface area contributed by atoms with E-state index >= 15 is 0 Å². The third-order valence-corrected chi connectivity index (χ3v) is 6.60. The molecule has 1 amide bonds. The summed E-state index contributed by atoms with van der Waals surface area (Å²) in [6, 6.07) is 16.7. The molecule has 0 aliphatic carbocycles. The Morgan fingerprint density at radius 2 is 1.90 bits per heavy atom. The first-order chi connectivity index (χ1) is 14.0. The predicted molar refractivity (Wildman–Crippen MR) is 109 cm³/mol. The molecule has 1 N–H and O–H groups in total. The van der Waals surface area contributed by atoms with Crippen molar-refractivity contribution in [3.05, 3.63) is 70.3 Å². The van der Waals surface area contributed by atoms with Gasteiger partial charge in [0.15, 0.2) is 5.72 Å². The minimum atomic E-state index is -1.50. The summed E-state index contributed by atoms with van der Waals surface area (Å²) in [5.41, 5.74) is 0.357. The lowest BCUT2D eigenvalue weighted by atomic mass is 9.85. The highest BCUT2D eigenvalue weighted by Crippen LogP contribution is 2.52. The number of methoxy groups -OCH3 is 2. The van der Waals surface area contributed by atoms with E-state index in [0.29, 0.717) is 27.7 Å². The monoisotopic (exact) mass is 408 g/mol. The summed E-state index contributed by atoms with van der Waals surface area (Å²) < 4.78 is 10.6. The average molecular weight is 408 g/mol. The molecule has 6 nitrogen and oxygen atoms in total. The van der Waals surface area contributed by atoms with Crippen molar-refractivity contribution >= 4 is 17.7 Å². The van der Waals surface area contributed by atoms with Crippen molar-refractivity contribution in [3.63, 3.8) is 0 Å². The van der Waals surface area contributed by atoms with Crippen molar-refractivity contribution < 1.29 is 19.4 Å². The van der Waals surface area contributed by atoms with E-state index in [1.165, 1.54) is 16.7 Å². The number of hydrogen-bond acceptors (Lipinski definition) is 6. The van der Waals surface area contributed by atoms with Crippen LogP contribution in [0.3, 0.4) is 0 Å². The van der Waals surface area contributed by atoms with Crippen molar-refractivity contribution in [1.82, 2.24) is 4.90 Å². The lowest BCUT2D eigenvalue weighted by molar-refractivity contribution is -0.149. The van der Waals surface area contributed by atoms with Crippen LogP contribution < -0.4 is 9.47 Å². The van der Waals surface area contributed by atoms with Gasteiger partial charge in [0.05, 0.1) is 36.6 Å². The van der Waals surface area contributed by atoms with Crippen LogP contribution in [0.2, 0.25) is 0 Å². The molecule has 2 aliphatic rings. The maximum atomic E-state index is 13.2. The molecule has 0 spiro atoms. The van der Waals surface area contributed by atoms with E-state index in [2.05, 4.69) is 6.07 Å². The van der Waals surface area contributed by atoms with Gasteiger partial charge in [-0.1, -0.05) is 30.3 Å². The predicted octanol–water partition coefficient (Wildman–Crippen LogP) is 3.35. The van der Waals surface area contributed by atoms with Crippen molar-refractivity contribution in [3.8, 4) is 17.6 Å². The van der Waals surface area contributed by atoms with Gasteiger partial charge in [-0.3, -0.25) is 9.69 Å². The first-order valence-electron chi connectivity index (χ1n) is 9.13. The number of nitriles is 1. The largest absolute Gasteiger partial charge is 0.497 e. The molecular formula is C22H20N2O4S. The Balaban J connectivity index is 1.80. The van der Waals surface area contributed by atoms with Crippen LogP contribution in [0.5, 0.6) is 11.5 Å². The van der Waals surface area contributed by atoms with Gasteiger partial charge in [0.2, 0.25) is 5.91 Å². The molecule has 0 radical (unpaired) electrons. The fraction of sp³-hybridized carbons (Fsp3) is 0.273. The van der Waals surface area contributed by atoms with Crippen molar-refractivity contribution in [2.75, 3.05) is 20.0 Å². The highest BCUT2D eigenvalue weighted by molar-refractivity contribution is 8.03. The minimum Gasteiger partial charge on any atom is -0.497 e. The quantitative estimate of drug-likeness (QED) is 0.835. The number of thioether (sulfide) groups is 1. The lowest BCUT2D eigenvalue weighted by Crippen LogP contribution is -2.48. The molecule has 0 aromatic heterocycles. The molecule has 0 unspecified atom stereocenters. The van der Waals surface area contributed by atoms with Crippen LogP contribution in [0.1, 0.15) is 23.5 Å². The highest BCUT2D eigenvalue weighted by atomic mass is 32.2. The van der Waals surface area contributed by atoms with Crippen LogP contribution in [0.4, 0.5) is 0 Å². The second kappa shape index (κ2) is 7.47. The molecule has 2 aromatic carbocycles. The average Bonchev–Trinajstić information content (AvgIpc) is 3.12. The SMILES string of the molecule is COc1ccc([C@@]2(O)CSC3=C(C#N)[C@@H](c4ccccc4OC)CC(=O)N32)cc1. The Hall–Kier alpha value is -2.95. The summed E-state index contributed by atoms with van der Waals surface area (Å²) in [6.45, 7) is 0. The van der Waals surface area contributed by atoms with Crippen LogP contribution in [0, 0.1) is 11.3 Å². The van der Waals surface area contributed by atoms with E-state index < -0.39 is 11.6 Å². The van der Waals surface area contributed by atoms with E-state index in [9.17, 15) is 15.2 Å². The Morgan fingerprint density at radius 3 is 2.55 bits per heavy atom. The van der Waals surface area contributed by atoms with Crippen LogP contribution in [0.15, 0.2) is 59.1 Å². The van der Waals surface area contributed by atoms with E-state index in [0.717, 1.165) is 5.56 Å². The van der Waals surface area contributed by atoms with Gasteiger partial charge in [-0.05, 0) is 18.2 Å². The summed E-state index contributed by atoms with van der Waals surface area (Å²) in [6.07, 6.45) is 0.0891. The molecule has 29 heavy (non-hydrogen) atoms. The number of para-hydroxylation sites is 1. The smallest absolute Gasteiger partial charge is 0.231 e. The molecule has 0 bridgehead atoms. The molecular weight excluding hydrogens is 388 g/mol. The van der Waals surface area contributed by atoms with Crippen LogP contribution in [0.25, 0.3) is 0 Å². The van der Waals surface area contributed by atoms with Crippen molar-refractivity contribution in [2.24, 2.45) is 0 Å². The molecule has 2 aliphatic heterocycles. The zero-order chi connectivity index (χ0) is 20.6. The molecule has 2 heterocycles. The Kier molecular flexibility index (Phi) is 4.99. The van der Waals surface area contributed by atoms with E-state index in [-0.39, 0.29) is 18.1 Å². The number of hydrogen-bond donors (Lipinski definition) is 1. The fourth-order valence-corrected chi connectivity index (χ4v) is 5.28. The summed E-state index contributed by atoms with van der Waals surface area (Å²) in [5.74, 6) is 0.932. The number of nitrogens with zero attached hydrogens (tertiary/aromatic N) is 2. The Labute approximate surface area is 173 Å². The third-order valence-electron chi connectivity index (χ3n) is 5.38. The summed E-state index contributed by atoms with van der Waals surface area (Å²) in [5, 5.41) is 21.9. The highest BCUT2D eigenvalue weighted by Gasteiger charge is 2.52. The van der Waals surface area contributed by atoms with Gasteiger partial charge >= 0.3 is 0 Å². The Morgan fingerprint density at radius 1 is 1.17 bits per heavy atom. The van der Waals surface area contributed by atoms with E-state index in [1.54, 1.807) is 38.5 Å². The molecule has 1 saturated heterocycles. The first kappa shape index (κ1) is 19.4. The molecule has 0 saturated carbocycles. The summed E-state index contributed by atoms with van der Waals surface area (Å²) in [4.78, 5) is 14.6. The lowest BCUT2D eigenvalue weighted by Gasteiger charge is -2.38. The maximum Gasteiger partial charge on any atom is 0.231 e. The number of aliphatic hydroxyl groups is 1. The molecule has 7 heteroatoms. The van der Waals surface area contributed by atoms with Crippen LogP contribution in [-0.4, -0.2) is 35.9 Å². The molecule has 1 fully saturated rings. The van der Waals surface area contributed by atoms with Gasteiger partial charge in [0.25, 0.3) is 0 Å².